The van der Waals surface area contributed by atoms with E-state index in [1.807, 2.05) is 25.1 Å². The molecule has 17 heavy (non-hydrogen) atoms. The van der Waals surface area contributed by atoms with E-state index in [2.05, 4.69) is 10.4 Å². The van der Waals surface area contributed by atoms with Crippen molar-refractivity contribution in [2.24, 2.45) is 10.9 Å². The van der Waals surface area contributed by atoms with Gasteiger partial charge in [-0.3, -0.25) is 0 Å². The van der Waals surface area contributed by atoms with Gasteiger partial charge in [0.05, 0.1) is 0 Å². The number of hydrazone groups is 1. The molecule has 1 aromatic carbocycles. The second-order valence-electron chi connectivity index (χ2n) is 3.12. The summed E-state index contributed by atoms with van der Waals surface area (Å²) in [4.78, 5) is 11.3. The summed E-state index contributed by atoms with van der Waals surface area (Å²) in [7, 11) is 0. The van der Waals surface area contributed by atoms with E-state index in [0.717, 1.165) is 6.42 Å². The van der Waals surface area contributed by atoms with E-state index in [-0.39, 0.29) is 11.4 Å². The average molecular weight is 239 g/mol. The largest absolute Gasteiger partial charge is 0.414 e. The van der Waals surface area contributed by atoms with Gasteiger partial charge in [0.1, 0.15) is 0 Å². The van der Waals surface area contributed by atoms with Gasteiger partial charge in [0.25, 0.3) is 0 Å². The third kappa shape index (κ3) is 4.98. The van der Waals surface area contributed by atoms with Crippen molar-refractivity contribution in [1.82, 2.24) is 5.32 Å². The Morgan fingerprint density at radius 3 is 2.59 bits per heavy atom. The Bertz CT molecular complexity index is 365. The number of ether oxygens (including phenoxy) is 1. The van der Waals surface area contributed by atoms with E-state index < -0.39 is 6.09 Å². The molecular weight excluding hydrogens is 222 g/mol. The molecule has 0 heterocycles. The van der Waals surface area contributed by atoms with Crippen molar-refractivity contribution < 1.29 is 15.0 Å². The Hall–Kier alpha value is -2.08. The van der Waals surface area contributed by atoms with Crippen LogP contribution in [0.15, 0.2) is 35.4 Å². The van der Waals surface area contributed by atoms with Crippen LogP contribution in [0, 0.1) is 0 Å². The van der Waals surface area contributed by atoms with Crippen LogP contribution in [0.25, 0.3) is 0 Å². The Labute approximate surface area is 99.8 Å². The molecule has 0 radical (unpaired) electrons. The maximum Gasteiger partial charge on any atom is 0.414 e. The van der Waals surface area contributed by atoms with Crippen molar-refractivity contribution in [3.63, 3.8) is 0 Å². The van der Waals surface area contributed by atoms with Crippen LogP contribution >= 0.6 is 0 Å². The molecule has 1 rings (SSSR count). The lowest BCUT2D eigenvalue weighted by atomic mass is 10.2. The van der Waals surface area contributed by atoms with Crippen LogP contribution in [-0.2, 0) is 4.74 Å². The van der Waals surface area contributed by atoms with Gasteiger partial charge in [-0.1, -0.05) is 25.1 Å². The van der Waals surface area contributed by atoms with Gasteiger partial charge in [0.2, 0.25) is 5.90 Å². The third-order valence-corrected chi connectivity index (χ3v) is 1.85. The van der Waals surface area contributed by atoms with E-state index in [1.54, 1.807) is 12.1 Å². The summed E-state index contributed by atoms with van der Waals surface area (Å²) in [6, 6.07) is 9.01. The van der Waals surface area contributed by atoms with Gasteiger partial charge in [0.15, 0.2) is 0 Å². The SMILES string of the molecule is CCCNC(=O)OC(=NN)c1ccccc1.O. The monoisotopic (exact) mass is 239 g/mol. The number of carbonyl (C=O) groups is 1. The van der Waals surface area contributed by atoms with Crippen LogP contribution in [-0.4, -0.2) is 24.0 Å². The highest BCUT2D eigenvalue weighted by Crippen LogP contribution is 2.02. The fourth-order valence-corrected chi connectivity index (χ4v) is 1.09. The molecule has 6 nitrogen and oxygen atoms in total. The minimum absolute atomic E-state index is 0. The lowest BCUT2D eigenvalue weighted by Gasteiger charge is -2.07. The molecule has 0 aliphatic rings. The molecule has 0 saturated heterocycles. The number of alkyl carbamates (subject to hydrolysis) is 1. The van der Waals surface area contributed by atoms with E-state index in [4.69, 9.17) is 10.6 Å². The maximum atomic E-state index is 11.3. The van der Waals surface area contributed by atoms with Crippen molar-refractivity contribution in [2.45, 2.75) is 13.3 Å². The minimum Gasteiger partial charge on any atom is -0.412 e. The fraction of sp³-hybridized carbons (Fsp3) is 0.273. The number of hydrogen-bond acceptors (Lipinski definition) is 4. The van der Waals surface area contributed by atoms with Gasteiger partial charge in [-0.2, -0.15) is 0 Å². The summed E-state index contributed by atoms with van der Waals surface area (Å²) in [5.74, 6) is 5.27. The number of nitrogens with zero attached hydrogens (tertiary/aromatic N) is 1. The lowest BCUT2D eigenvalue weighted by Crippen LogP contribution is -2.28. The standard InChI is InChI=1S/C11H15N3O2.H2O/c1-2-8-13-11(15)16-10(14-12)9-6-4-3-5-7-9;/h3-7H,2,8,12H2,1H3,(H,13,15);1H2. The van der Waals surface area contributed by atoms with Crippen LogP contribution in [0.1, 0.15) is 18.9 Å². The second-order valence-corrected chi connectivity index (χ2v) is 3.12. The molecule has 0 aliphatic carbocycles. The Morgan fingerprint density at radius 2 is 2.06 bits per heavy atom. The van der Waals surface area contributed by atoms with Gasteiger partial charge < -0.3 is 21.4 Å². The number of rotatable bonds is 3. The number of hydrogen-bond donors (Lipinski definition) is 2. The first kappa shape index (κ1) is 14.9. The Morgan fingerprint density at radius 1 is 1.41 bits per heavy atom. The molecule has 0 spiro atoms. The fourth-order valence-electron chi connectivity index (χ4n) is 1.09. The van der Waals surface area contributed by atoms with Gasteiger partial charge in [0, 0.05) is 12.1 Å². The first-order valence-electron chi connectivity index (χ1n) is 5.07. The summed E-state index contributed by atoms with van der Waals surface area (Å²) in [6.07, 6.45) is 0.296. The molecule has 5 N–H and O–H groups in total. The smallest absolute Gasteiger partial charge is 0.412 e. The van der Waals surface area contributed by atoms with Crippen LogP contribution in [0.3, 0.4) is 0 Å². The van der Waals surface area contributed by atoms with Gasteiger partial charge in [-0.05, 0) is 18.6 Å². The number of carbonyl (C=O) groups excluding carboxylic acids is 1. The van der Waals surface area contributed by atoms with Crippen molar-refractivity contribution in [1.29, 1.82) is 0 Å². The minimum atomic E-state index is -0.546. The normalized spacial score (nSPS) is 10.3. The van der Waals surface area contributed by atoms with Crippen molar-refractivity contribution in [3.8, 4) is 0 Å². The zero-order chi connectivity index (χ0) is 11.8. The summed E-state index contributed by atoms with van der Waals surface area (Å²) in [5.41, 5.74) is 0.664. The first-order chi connectivity index (χ1) is 7.77. The molecule has 1 amide bonds. The summed E-state index contributed by atoms with van der Waals surface area (Å²) in [5, 5.41) is 6.01. The molecule has 0 aliphatic heterocycles. The molecular formula is C11H17N3O3. The van der Waals surface area contributed by atoms with E-state index in [1.165, 1.54) is 0 Å². The topological polar surface area (TPSA) is 108 Å². The van der Waals surface area contributed by atoms with Crippen molar-refractivity contribution in [3.05, 3.63) is 35.9 Å². The van der Waals surface area contributed by atoms with E-state index in [9.17, 15) is 4.79 Å². The molecule has 94 valence electrons. The lowest BCUT2D eigenvalue weighted by molar-refractivity contribution is 0.197. The highest BCUT2D eigenvalue weighted by Gasteiger charge is 2.09. The van der Waals surface area contributed by atoms with Gasteiger partial charge in [-0.15, -0.1) is 5.10 Å². The van der Waals surface area contributed by atoms with Crippen LogP contribution < -0.4 is 11.2 Å². The Balaban J connectivity index is 0.00000256. The predicted molar refractivity (Wildman–Crippen MR) is 65.6 cm³/mol. The molecule has 0 saturated carbocycles. The molecule has 1 aromatic rings. The number of nitrogens with one attached hydrogen (secondary N) is 1. The first-order valence-corrected chi connectivity index (χ1v) is 5.07. The quantitative estimate of drug-likeness (QED) is 0.349. The van der Waals surface area contributed by atoms with Crippen LogP contribution in [0.2, 0.25) is 0 Å². The Kier molecular flexibility index (Phi) is 7.12. The number of amides is 1. The molecule has 6 heteroatoms. The highest BCUT2D eigenvalue weighted by atomic mass is 16.6. The maximum absolute atomic E-state index is 11.3. The summed E-state index contributed by atoms with van der Waals surface area (Å²) in [6.45, 7) is 2.51. The third-order valence-electron chi connectivity index (χ3n) is 1.85. The molecule has 0 bridgehead atoms. The number of benzene rings is 1. The van der Waals surface area contributed by atoms with Crippen LogP contribution in [0.4, 0.5) is 4.79 Å². The predicted octanol–water partition coefficient (Wildman–Crippen LogP) is 0.618. The molecule has 0 unspecified atom stereocenters. The summed E-state index contributed by atoms with van der Waals surface area (Å²) < 4.78 is 4.96. The zero-order valence-electron chi connectivity index (χ0n) is 9.64. The van der Waals surface area contributed by atoms with Crippen molar-refractivity contribution >= 4 is 12.0 Å². The average Bonchev–Trinajstić information content (AvgIpc) is 2.34. The summed E-state index contributed by atoms with van der Waals surface area (Å²) >= 11 is 0. The molecule has 0 fully saturated rings. The van der Waals surface area contributed by atoms with Gasteiger partial charge >= 0.3 is 6.09 Å². The molecule has 0 aromatic heterocycles. The van der Waals surface area contributed by atoms with Crippen LogP contribution in [0.5, 0.6) is 0 Å². The van der Waals surface area contributed by atoms with Crippen molar-refractivity contribution in [2.75, 3.05) is 6.54 Å². The van der Waals surface area contributed by atoms with E-state index in [0.29, 0.717) is 12.1 Å². The van der Waals surface area contributed by atoms with Gasteiger partial charge in [-0.25, -0.2) is 4.79 Å². The highest BCUT2D eigenvalue weighted by molar-refractivity contribution is 5.99. The van der Waals surface area contributed by atoms with E-state index >= 15 is 0 Å². The number of nitrogens with two attached hydrogens (primary N) is 1. The zero-order valence-corrected chi connectivity index (χ0v) is 9.64. The second kappa shape index (κ2) is 8.12. The molecule has 0 atom stereocenters.